The Morgan fingerprint density at radius 3 is 2.58 bits per heavy atom. The van der Waals surface area contributed by atoms with Crippen molar-refractivity contribution in [2.75, 3.05) is 5.32 Å². The molecule has 7 heteroatoms. The lowest BCUT2D eigenvalue weighted by atomic mass is 10.2. The van der Waals surface area contributed by atoms with E-state index in [1.165, 1.54) is 12.1 Å². The number of carbonyl (C=O) groups excluding carboxylic acids is 1. The number of aromatic nitrogens is 2. The van der Waals surface area contributed by atoms with Crippen LogP contribution in [0.2, 0.25) is 0 Å². The molecule has 1 N–H and O–H groups in total. The highest BCUT2D eigenvalue weighted by Crippen LogP contribution is 2.19. The van der Waals surface area contributed by atoms with Crippen molar-refractivity contribution in [1.82, 2.24) is 10.1 Å². The lowest BCUT2D eigenvalue weighted by molar-refractivity contribution is -0.116. The quantitative estimate of drug-likeness (QED) is 0.435. The van der Waals surface area contributed by atoms with E-state index >= 15 is 0 Å². The van der Waals surface area contributed by atoms with E-state index in [0.29, 0.717) is 29.6 Å². The van der Waals surface area contributed by atoms with Crippen LogP contribution in [-0.2, 0) is 17.8 Å². The van der Waals surface area contributed by atoms with Gasteiger partial charge >= 0.3 is 0 Å². The van der Waals surface area contributed by atoms with Crippen molar-refractivity contribution in [3.63, 3.8) is 0 Å². The maximum atomic E-state index is 13.3. The largest absolute Gasteiger partial charge is 0.489 e. The summed E-state index contributed by atoms with van der Waals surface area (Å²) in [5, 5.41) is 6.67. The second kappa shape index (κ2) is 9.67. The third-order valence-electron chi connectivity index (χ3n) is 4.50. The van der Waals surface area contributed by atoms with Crippen molar-refractivity contribution in [2.24, 2.45) is 0 Å². The number of amides is 1. The van der Waals surface area contributed by atoms with Gasteiger partial charge in [-0.1, -0.05) is 47.6 Å². The van der Waals surface area contributed by atoms with Crippen LogP contribution in [0.3, 0.4) is 0 Å². The average Bonchev–Trinajstić information content (AvgIpc) is 3.27. The van der Waals surface area contributed by atoms with Gasteiger partial charge in [-0.25, -0.2) is 4.39 Å². The molecule has 0 saturated heterocycles. The van der Waals surface area contributed by atoms with E-state index in [-0.39, 0.29) is 24.6 Å². The Morgan fingerprint density at radius 1 is 1.00 bits per heavy atom. The maximum Gasteiger partial charge on any atom is 0.227 e. The monoisotopic (exact) mass is 417 g/mol. The Kier molecular flexibility index (Phi) is 6.32. The van der Waals surface area contributed by atoms with Gasteiger partial charge in [0.25, 0.3) is 0 Å². The fraction of sp³-hybridized carbons (Fsp3) is 0.125. The second-order valence-corrected chi connectivity index (χ2v) is 6.87. The predicted octanol–water partition coefficient (Wildman–Crippen LogP) is 5.03. The van der Waals surface area contributed by atoms with E-state index in [1.54, 1.807) is 24.3 Å². The molecular formula is C24H20FN3O3. The van der Waals surface area contributed by atoms with Crippen molar-refractivity contribution < 1.29 is 18.4 Å². The van der Waals surface area contributed by atoms with Crippen molar-refractivity contribution in [3.8, 4) is 17.1 Å². The van der Waals surface area contributed by atoms with E-state index in [4.69, 9.17) is 9.26 Å². The lowest BCUT2D eigenvalue weighted by Crippen LogP contribution is -2.12. The number of ether oxygens (including phenoxy) is 1. The number of carbonyl (C=O) groups is 1. The highest BCUT2D eigenvalue weighted by molar-refractivity contribution is 5.90. The van der Waals surface area contributed by atoms with E-state index in [0.717, 1.165) is 11.3 Å². The van der Waals surface area contributed by atoms with Gasteiger partial charge in [0.1, 0.15) is 18.2 Å². The molecule has 1 aromatic heterocycles. The first kappa shape index (κ1) is 20.3. The first-order chi connectivity index (χ1) is 15.2. The first-order valence-electron chi connectivity index (χ1n) is 9.81. The van der Waals surface area contributed by atoms with E-state index in [1.807, 2.05) is 42.5 Å². The number of nitrogens with zero attached hydrogens (tertiary/aromatic N) is 2. The van der Waals surface area contributed by atoms with Gasteiger partial charge in [-0.15, -0.1) is 0 Å². The zero-order valence-electron chi connectivity index (χ0n) is 16.6. The van der Waals surface area contributed by atoms with Gasteiger partial charge in [0.2, 0.25) is 17.6 Å². The summed E-state index contributed by atoms with van der Waals surface area (Å²) in [6.07, 6.45) is 0.462. The summed E-state index contributed by atoms with van der Waals surface area (Å²) in [6, 6.07) is 23.0. The third-order valence-corrected chi connectivity index (χ3v) is 4.50. The molecule has 0 aliphatic heterocycles. The van der Waals surface area contributed by atoms with Gasteiger partial charge in [-0.05, 0) is 42.0 Å². The Labute approximate surface area is 178 Å². The van der Waals surface area contributed by atoms with Crippen molar-refractivity contribution in [2.45, 2.75) is 19.4 Å². The molecule has 0 aliphatic rings. The Bertz CT molecular complexity index is 1140. The van der Waals surface area contributed by atoms with Crippen molar-refractivity contribution in [3.05, 3.63) is 96.1 Å². The summed E-state index contributed by atoms with van der Waals surface area (Å²) in [6.45, 7) is 0.480. The number of benzene rings is 3. The maximum absolute atomic E-state index is 13.3. The van der Waals surface area contributed by atoms with Gasteiger partial charge in [0.05, 0.1) is 0 Å². The minimum atomic E-state index is -0.375. The average molecular weight is 417 g/mol. The minimum absolute atomic E-state index is 0.177. The molecule has 4 rings (SSSR count). The van der Waals surface area contributed by atoms with Crippen LogP contribution in [-0.4, -0.2) is 16.0 Å². The predicted molar refractivity (Wildman–Crippen MR) is 114 cm³/mol. The highest BCUT2D eigenvalue weighted by atomic mass is 19.1. The molecule has 1 heterocycles. The van der Waals surface area contributed by atoms with Gasteiger partial charge in [0, 0.05) is 24.1 Å². The van der Waals surface area contributed by atoms with Crippen molar-refractivity contribution >= 4 is 11.6 Å². The molecule has 0 fully saturated rings. The standard InChI is InChI=1S/C24H20FN3O3/c25-19-8-4-7-18(15-19)24-27-23(31-28-24)14-13-22(29)26-20-9-11-21(12-10-20)30-16-17-5-2-1-3-6-17/h1-12,15H,13-14,16H2,(H,26,29). The van der Waals surface area contributed by atoms with Crippen LogP contribution in [0, 0.1) is 5.82 Å². The van der Waals surface area contributed by atoms with Crippen LogP contribution in [0.25, 0.3) is 11.4 Å². The fourth-order valence-electron chi connectivity index (χ4n) is 2.92. The summed E-state index contributed by atoms with van der Waals surface area (Å²) < 4.78 is 24.2. The number of hydrogen-bond acceptors (Lipinski definition) is 5. The molecule has 3 aromatic carbocycles. The number of rotatable bonds is 8. The fourth-order valence-corrected chi connectivity index (χ4v) is 2.92. The van der Waals surface area contributed by atoms with E-state index < -0.39 is 0 Å². The van der Waals surface area contributed by atoms with Crippen molar-refractivity contribution in [1.29, 1.82) is 0 Å². The molecule has 0 unspecified atom stereocenters. The second-order valence-electron chi connectivity index (χ2n) is 6.87. The highest BCUT2D eigenvalue weighted by Gasteiger charge is 2.11. The smallest absolute Gasteiger partial charge is 0.227 e. The van der Waals surface area contributed by atoms with Crippen LogP contribution >= 0.6 is 0 Å². The number of halogens is 1. The number of nitrogens with one attached hydrogen (secondary N) is 1. The third kappa shape index (κ3) is 5.76. The molecule has 0 radical (unpaired) electrons. The van der Waals surface area contributed by atoms with Crippen LogP contribution in [0.1, 0.15) is 17.9 Å². The van der Waals surface area contributed by atoms with Crippen LogP contribution in [0.4, 0.5) is 10.1 Å². The molecule has 156 valence electrons. The summed E-state index contributed by atoms with van der Waals surface area (Å²) in [5.41, 5.74) is 2.28. The summed E-state index contributed by atoms with van der Waals surface area (Å²) >= 11 is 0. The molecule has 31 heavy (non-hydrogen) atoms. The summed E-state index contributed by atoms with van der Waals surface area (Å²) in [5.74, 6) is 0.779. The number of anilines is 1. The molecule has 1 amide bonds. The molecule has 0 atom stereocenters. The zero-order chi connectivity index (χ0) is 21.5. The molecule has 0 saturated carbocycles. The summed E-state index contributed by atoms with van der Waals surface area (Å²) in [4.78, 5) is 16.4. The zero-order valence-corrected chi connectivity index (χ0v) is 16.6. The molecule has 0 aliphatic carbocycles. The minimum Gasteiger partial charge on any atom is -0.489 e. The lowest BCUT2D eigenvalue weighted by Gasteiger charge is -2.08. The number of hydrogen-bond donors (Lipinski definition) is 1. The molecule has 4 aromatic rings. The molecule has 6 nitrogen and oxygen atoms in total. The van der Waals surface area contributed by atoms with Crippen LogP contribution < -0.4 is 10.1 Å². The van der Waals surface area contributed by atoms with Gasteiger partial charge < -0.3 is 14.6 Å². The molecular weight excluding hydrogens is 397 g/mol. The Hall–Kier alpha value is -4.00. The van der Waals surface area contributed by atoms with Crippen LogP contribution in [0.5, 0.6) is 5.75 Å². The SMILES string of the molecule is O=C(CCc1nc(-c2cccc(F)c2)no1)Nc1ccc(OCc2ccccc2)cc1. The van der Waals surface area contributed by atoms with Crippen LogP contribution in [0.15, 0.2) is 83.4 Å². The van der Waals surface area contributed by atoms with Gasteiger partial charge in [0.15, 0.2) is 0 Å². The molecule has 0 spiro atoms. The topological polar surface area (TPSA) is 77.2 Å². The van der Waals surface area contributed by atoms with E-state index in [9.17, 15) is 9.18 Å². The Morgan fingerprint density at radius 2 is 1.81 bits per heavy atom. The van der Waals surface area contributed by atoms with Gasteiger partial charge in [-0.3, -0.25) is 4.79 Å². The number of aryl methyl sites for hydroxylation is 1. The normalized spacial score (nSPS) is 10.6. The van der Waals surface area contributed by atoms with E-state index in [2.05, 4.69) is 15.5 Å². The first-order valence-corrected chi connectivity index (χ1v) is 9.81. The molecule has 0 bridgehead atoms. The Balaban J connectivity index is 1.25. The summed E-state index contributed by atoms with van der Waals surface area (Å²) in [7, 11) is 0. The van der Waals surface area contributed by atoms with Gasteiger partial charge in [-0.2, -0.15) is 4.98 Å².